The molecule has 0 saturated carbocycles. The van der Waals surface area contributed by atoms with E-state index in [2.05, 4.69) is 32.1 Å². The third-order valence-corrected chi connectivity index (χ3v) is 4.89. The average Bonchev–Trinajstić information content (AvgIpc) is 3.11. The summed E-state index contributed by atoms with van der Waals surface area (Å²) in [6.45, 7) is 0. The molecule has 2 heterocycles. The number of aromatic nitrogens is 2. The molecule has 2 aromatic heterocycles. The number of hydrogen-bond donors (Lipinski definition) is 1. The standard InChI is InChI=1S/C21H15BrN4O/c22-13-8-9-18-20(10-13)27-26-21(18)17-7-2-1-6-16(17)19(24)11-14-4-3-5-15(12-23)25-14/h1-10,19H,11,24H2. The summed E-state index contributed by atoms with van der Waals surface area (Å²) < 4.78 is 6.43. The summed E-state index contributed by atoms with van der Waals surface area (Å²) in [6.07, 6.45) is 0.522. The Hall–Kier alpha value is -3.01. The van der Waals surface area contributed by atoms with Crippen LogP contribution in [-0.2, 0) is 6.42 Å². The molecule has 132 valence electrons. The quantitative estimate of drug-likeness (QED) is 0.515. The zero-order valence-electron chi connectivity index (χ0n) is 14.3. The highest BCUT2D eigenvalue weighted by Gasteiger charge is 2.18. The number of fused-ring (bicyclic) bond motifs is 1. The van der Waals surface area contributed by atoms with Crippen LogP contribution < -0.4 is 5.73 Å². The summed E-state index contributed by atoms with van der Waals surface area (Å²) >= 11 is 3.45. The summed E-state index contributed by atoms with van der Waals surface area (Å²) in [5.74, 6) is 0. The van der Waals surface area contributed by atoms with Crippen molar-refractivity contribution in [1.82, 2.24) is 10.1 Å². The van der Waals surface area contributed by atoms with E-state index >= 15 is 0 Å². The Kier molecular flexibility index (Phi) is 4.71. The highest BCUT2D eigenvalue weighted by Crippen LogP contribution is 2.34. The number of nitriles is 1. The highest BCUT2D eigenvalue weighted by molar-refractivity contribution is 9.10. The molecule has 0 saturated heterocycles. The molecule has 2 aromatic carbocycles. The molecule has 0 bridgehead atoms. The van der Waals surface area contributed by atoms with Crippen LogP contribution in [0.1, 0.15) is 23.0 Å². The number of nitrogens with zero attached hydrogens (tertiary/aromatic N) is 3. The van der Waals surface area contributed by atoms with Gasteiger partial charge in [-0.3, -0.25) is 0 Å². The van der Waals surface area contributed by atoms with Crippen LogP contribution in [-0.4, -0.2) is 10.1 Å². The Balaban J connectivity index is 1.73. The first-order chi connectivity index (χ1) is 13.2. The average molecular weight is 419 g/mol. The maximum Gasteiger partial charge on any atom is 0.168 e. The molecule has 6 heteroatoms. The molecule has 0 spiro atoms. The van der Waals surface area contributed by atoms with Crippen LogP contribution in [0.5, 0.6) is 0 Å². The molecule has 0 aliphatic rings. The molecule has 2 N–H and O–H groups in total. The van der Waals surface area contributed by atoms with E-state index in [-0.39, 0.29) is 6.04 Å². The molecule has 0 aliphatic carbocycles. The van der Waals surface area contributed by atoms with Gasteiger partial charge >= 0.3 is 0 Å². The first kappa shape index (κ1) is 17.4. The number of benzene rings is 2. The van der Waals surface area contributed by atoms with Gasteiger partial charge in [0.15, 0.2) is 5.58 Å². The predicted octanol–water partition coefficient (Wildman–Crippen LogP) is 4.77. The van der Waals surface area contributed by atoms with Crippen LogP contribution >= 0.6 is 15.9 Å². The van der Waals surface area contributed by atoms with Crippen LogP contribution in [0.4, 0.5) is 0 Å². The molecule has 27 heavy (non-hydrogen) atoms. The van der Waals surface area contributed by atoms with Crippen molar-refractivity contribution >= 4 is 26.9 Å². The second kappa shape index (κ2) is 7.31. The van der Waals surface area contributed by atoms with Gasteiger partial charge < -0.3 is 10.3 Å². The Morgan fingerprint density at radius 3 is 2.81 bits per heavy atom. The molecule has 0 aliphatic heterocycles. The fourth-order valence-corrected chi connectivity index (χ4v) is 3.47. The van der Waals surface area contributed by atoms with Gasteiger partial charge in [0.1, 0.15) is 17.5 Å². The molecular weight excluding hydrogens is 404 g/mol. The van der Waals surface area contributed by atoms with E-state index in [0.29, 0.717) is 17.7 Å². The van der Waals surface area contributed by atoms with Crippen LogP contribution in [0.15, 0.2) is 69.7 Å². The third-order valence-electron chi connectivity index (χ3n) is 4.40. The molecule has 0 radical (unpaired) electrons. The van der Waals surface area contributed by atoms with Crippen LogP contribution in [0, 0.1) is 11.3 Å². The number of halogens is 1. The zero-order valence-corrected chi connectivity index (χ0v) is 15.8. The first-order valence-corrected chi connectivity index (χ1v) is 9.21. The van der Waals surface area contributed by atoms with Crippen molar-refractivity contribution in [2.24, 2.45) is 5.73 Å². The summed E-state index contributed by atoms with van der Waals surface area (Å²) in [5, 5.41) is 14.2. The number of hydrogen-bond acceptors (Lipinski definition) is 5. The molecule has 4 aromatic rings. The van der Waals surface area contributed by atoms with Crippen molar-refractivity contribution < 1.29 is 4.52 Å². The summed E-state index contributed by atoms with van der Waals surface area (Å²) in [6, 6.07) is 20.9. The smallest absolute Gasteiger partial charge is 0.168 e. The van der Waals surface area contributed by atoms with E-state index < -0.39 is 0 Å². The molecule has 4 rings (SSSR count). The second-order valence-corrected chi connectivity index (χ2v) is 7.11. The Morgan fingerprint density at radius 1 is 1.11 bits per heavy atom. The third kappa shape index (κ3) is 3.47. The van der Waals surface area contributed by atoms with E-state index in [1.54, 1.807) is 6.07 Å². The van der Waals surface area contributed by atoms with Gasteiger partial charge in [-0.25, -0.2) is 4.98 Å². The number of pyridine rings is 1. The zero-order chi connectivity index (χ0) is 18.8. The monoisotopic (exact) mass is 418 g/mol. The fraction of sp³-hybridized carbons (Fsp3) is 0.0952. The Labute approximate surface area is 164 Å². The van der Waals surface area contributed by atoms with Gasteiger partial charge in [0.25, 0.3) is 0 Å². The van der Waals surface area contributed by atoms with E-state index in [1.807, 2.05) is 54.6 Å². The first-order valence-electron chi connectivity index (χ1n) is 8.41. The lowest BCUT2D eigenvalue weighted by Crippen LogP contribution is -2.15. The van der Waals surface area contributed by atoms with Crippen LogP contribution in [0.3, 0.4) is 0 Å². The van der Waals surface area contributed by atoms with Gasteiger partial charge in [0.05, 0.1) is 0 Å². The lowest BCUT2D eigenvalue weighted by Gasteiger charge is -2.15. The van der Waals surface area contributed by atoms with Crippen LogP contribution in [0.2, 0.25) is 0 Å². The van der Waals surface area contributed by atoms with Gasteiger partial charge in [0, 0.05) is 33.6 Å². The minimum atomic E-state index is -0.287. The van der Waals surface area contributed by atoms with Gasteiger partial charge in [0.2, 0.25) is 0 Å². The number of rotatable bonds is 4. The Morgan fingerprint density at radius 2 is 1.96 bits per heavy atom. The summed E-state index contributed by atoms with van der Waals surface area (Å²) in [5.41, 5.74) is 11.0. The fourth-order valence-electron chi connectivity index (χ4n) is 3.13. The summed E-state index contributed by atoms with van der Waals surface area (Å²) in [7, 11) is 0. The molecule has 0 fully saturated rings. The van der Waals surface area contributed by atoms with E-state index in [4.69, 9.17) is 15.5 Å². The van der Waals surface area contributed by atoms with Crippen molar-refractivity contribution in [1.29, 1.82) is 5.26 Å². The molecule has 0 amide bonds. The second-order valence-electron chi connectivity index (χ2n) is 6.20. The van der Waals surface area contributed by atoms with Gasteiger partial charge in [-0.2, -0.15) is 5.26 Å². The lowest BCUT2D eigenvalue weighted by molar-refractivity contribution is 0.459. The largest absolute Gasteiger partial charge is 0.356 e. The van der Waals surface area contributed by atoms with Crippen molar-refractivity contribution in [2.45, 2.75) is 12.5 Å². The van der Waals surface area contributed by atoms with Gasteiger partial charge in [-0.1, -0.05) is 51.4 Å². The SMILES string of the molecule is N#Cc1cccc(CC(N)c2ccccc2-c2noc3cc(Br)ccc23)n1. The molecular formula is C21H15BrN4O. The van der Waals surface area contributed by atoms with Crippen molar-refractivity contribution in [3.63, 3.8) is 0 Å². The Bertz CT molecular complexity index is 1160. The van der Waals surface area contributed by atoms with Crippen molar-refractivity contribution in [3.8, 4) is 17.3 Å². The predicted molar refractivity (Wildman–Crippen MR) is 107 cm³/mol. The van der Waals surface area contributed by atoms with Crippen molar-refractivity contribution in [3.05, 3.63) is 82.1 Å². The topological polar surface area (TPSA) is 88.7 Å². The normalized spacial score (nSPS) is 12.0. The van der Waals surface area contributed by atoms with E-state index in [0.717, 1.165) is 32.4 Å². The maximum absolute atomic E-state index is 9.04. The summed E-state index contributed by atoms with van der Waals surface area (Å²) in [4.78, 5) is 4.33. The lowest BCUT2D eigenvalue weighted by atomic mass is 9.94. The van der Waals surface area contributed by atoms with Crippen molar-refractivity contribution in [2.75, 3.05) is 0 Å². The molecule has 1 unspecified atom stereocenters. The molecule has 5 nitrogen and oxygen atoms in total. The van der Waals surface area contributed by atoms with Crippen LogP contribution in [0.25, 0.3) is 22.2 Å². The van der Waals surface area contributed by atoms with Gasteiger partial charge in [-0.15, -0.1) is 0 Å². The maximum atomic E-state index is 9.04. The molecule has 1 atom stereocenters. The highest BCUT2D eigenvalue weighted by atomic mass is 79.9. The van der Waals surface area contributed by atoms with E-state index in [9.17, 15) is 0 Å². The van der Waals surface area contributed by atoms with Gasteiger partial charge in [-0.05, 0) is 35.9 Å². The van der Waals surface area contributed by atoms with E-state index in [1.165, 1.54) is 0 Å². The number of nitrogens with two attached hydrogens (primary N) is 1. The minimum absolute atomic E-state index is 0.287. The minimum Gasteiger partial charge on any atom is -0.356 e.